The summed E-state index contributed by atoms with van der Waals surface area (Å²) < 4.78 is 24.4. The Balaban J connectivity index is 2.38. The highest BCUT2D eigenvalue weighted by molar-refractivity contribution is 5.86. The molecule has 23 heavy (non-hydrogen) atoms. The van der Waals surface area contributed by atoms with Gasteiger partial charge in [-0.05, 0) is 12.1 Å². The maximum Gasteiger partial charge on any atom is 0.131 e. The van der Waals surface area contributed by atoms with Crippen molar-refractivity contribution in [2.24, 2.45) is 0 Å². The van der Waals surface area contributed by atoms with E-state index in [9.17, 15) is 4.39 Å². The first-order valence-corrected chi connectivity index (χ1v) is 7.55. The highest BCUT2D eigenvalue weighted by Crippen LogP contribution is 2.35. The third kappa shape index (κ3) is 4.21. The molecule has 124 valence electrons. The Kier molecular flexibility index (Phi) is 6.38. The van der Waals surface area contributed by atoms with Gasteiger partial charge < -0.3 is 20.1 Å². The summed E-state index contributed by atoms with van der Waals surface area (Å²) in [4.78, 5) is 2.09. The molecule has 0 aromatic heterocycles. The molecule has 0 amide bonds. The first-order valence-electron chi connectivity index (χ1n) is 7.55. The first-order chi connectivity index (χ1) is 11.2. The summed E-state index contributed by atoms with van der Waals surface area (Å²) in [5.41, 5.74) is 8.96. The molecule has 0 saturated heterocycles. The number of rotatable bonds is 8. The van der Waals surface area contributed by atoms with Crippen molar-refractivity contribution in [3.63, 3.8) is 0 Å². The summed E-state index contributed by atoms with van der Waals surface area (Å²) in [5, 5.41) is 0. The normalized spacial score (nSPS) is 10.7. The third-order valence-corrected chi connectivity index (χ3v) is 3.72. The van der Waals surface area contributed by atoms with Crippen LogP contribution in [0.5, 0.6) is 0 Å². The van der Waals surface area contributed by atoms with Crippen molar-refractivity contribution >= 4 is 11.4 Å². The minimum atomic E-state index is -0.281. The number of ether oxygens (including phenoxy) is 2. The van der Waals surface area contributed by atoms with Crippen LogP contribution in [0, 0.1) is 5.82 Å². The number of nitrogens with two attached hydrogens (primary N) is 1. The van der Waals surface area contributed by atoms with Gasteiger partial charge in [0.1, 0.15) is 5.82 Å². The summed E-state index contributed by atoms with van der Waals surface area (Å²) in [6.45, 7) is 2.52. The van der Waals surface area contributed by atoms with Gasteiger partial charge in [0.2, 0.25) is 0 Å². The van der Waals surface area contributed by atoms with Crippen molar-refractivity contribution in [2.45, 2.75) is 0 Å². The standard InChI is InChI=1S/C18H23FN2O2/c1-22-12-10-21(11-13-23-2)17-9-5-7-15(18(17)20)14-6-3-4-8-16(14)19/h3-9H,10-13,20H2,1-2H3. The lowest BCUT2D eigenvalue weighted by atomic mass is 10.0. The predicted molar refractivity (Wildman–Crippen MR) is 92.2 cm³/mol. The molecule has 0 aliphatic carbocycles. The minimum Gasteiger partial charge on any atom is -0.397 e. The van der Waals surface area contributed by atoms with Crippen molar-refractivity contribution in [3.8, 4) is 11.1 Å². The summed E-state index contributed by atoms with van der Waals surface area (Å²) >= 11 is 0. The predicted octanol–water partition coefficient (Wildman–Crippen LogP) is 3.17. The molecule has 2 aromatic rings. The maximum atomic E-state index is 14.1. The molecule has 4 nitrogen and oxygen atoms in total. The zero-order chi connectivity index (χ0) is 16.7. The van der Waals surface area contributed by atoms with Crippen LogP contribution in [0.3, 0.4) is 0 Å². The molecule has 0 heterocycles. The van der Waals surface area contributed by atoms with Gasteiger partial charge in [0, 0.05) is 38.4 Å². The lowest BCUT2D eigenvalue weighted by Gasteiger charge is -2.26. The fourth-order valence-electron chi connectivity index (χ4n) is 2.50. The number of nitrogen functional groups attached to an aromatic ring is 1. The zero-order valence-electron chi connectivity index (χ0n) is 13.6. The number of methoxy groups -OCH3 is 2. The molecule has 0 atom stereocenters. The Morgan fingerprint density at radius 3 is 2.13 bits per heavy atom. The van der Waals surface area contributed by atoms with Crippen LogP contribution in [-0.4, -0.2) is 40.5 Å². The second kappa shape index (κ2) is 8.50. The van der Waals surface area contributed by atoms with Crippen LogP contribution in [-0.2, 0) is 9.47 Å². The van der Waals surface area contributed by atoms with Crippen molar-refractivity contribution < 1.29 is 13.9 Å². The number of hydrogen-bond acceptors (Lipinski definition) is 4. The Labute approximate surface area is 136 Å². The summed E-state index contributed by atoms with van der Waals surface area (Å²) in [6.07, 6.45) is 0. The van der Waals surface area contributed by atoms with E-state index >= 15 is 0 Å². The first kappa shape index (κ1) is 17.2. The van der Waals surface area contributed by atoms with Gasteiger partial charge in [0.05, 0.1) is 24.6 Å². The van der Waals surface area contributed by atoms with Crippen LogP contribution in [0.25, 0.3) is 11.1 Å². The lowest BCUT2D eigenvalue weighted by molar-refractivity contribution is 0.190. The maximum absolute atomic E-state index is 14.1. The van der Waals surface area contributed by atoms with Crippen molar-refractivity contribution in [2.75, 3.05) is 51.2 Å². The Hall–Kier alpha value is -2.11. The number of hydrogen-bond donors (Lipinski definition) is 1. The molecule has 0 aliphatic rings. The average Bonchev–Trinajstić information content (AvgIpc) is 2.57. The molecule has 0 aliphatic heterocycles. The molecule has 0 radical (unpaired) electrons. The summed E-state index contributed by atoms with van der Waals surface area (Å²) in [7, 11) is 3.32. The van der Waals surface area contributed by atoms with Gasteiger partial charge in [-0.2, -0.15) is 0 Å². The van der Waals surface area contributed by atoms with Gasteiger partial charge in [-0.1, -0.05) is 30.3 Å². The SMILES string of the molecule is COCCN(CCOC)c1cccc(-c2ccccc2F)c1N. The van der Waals surface area contributed by atoms with E-state index in [1.54, 1.807) is 32.4 Å². The molecule has 0 bridgehead atoms. The Morgan fingerprint density at radius 2 is 1.52 bits per heavy atom. The Morgan fingerprint density at radius 1 is 0.913 bits per heavy atom. The van der Waals surface area contributed by atoms with Gasteiger partial charge >= 0.3 is 0 Å². The smallest absolute Gasteiger partial charge is 0.131 e. The number of halogens is 1. The fraction of sp³-hybridized carbons (Fsp3) is 0.333. The van der Waals surface area contributed by atoms with Crippen LogP contribution >= 0.6 is 0 Å². The molecule has 0 fully saturated rings. The van der Waals surface area contributed by atoms with E-state index in [4.69, 9.17) is 15.2 Å². The molecule has 2 rings (SSSR count). The molecule has 0 spiro atoms. The molecular formula is C18H23FN2O2. The largest absolute Gasteiger partial charge is 0.397 e. The van der Waals surface area contributed by atoms with Gasteiger partial charge in [-0.15, -0.1) is 0 Å². The van der Waals surface area contributed by atoms with Gasteiger partial charge in [0.15, 0.2) is 0 Å². The zero-order valence-corrected chi connectivity index (χ0v) is 13.6. The van der Waals surface area contributed by atoms with E-state index < -0.39 is 0 Å². The highest BCUT2D eigenvalue weighted by atomic mass is 19.1. The summed E-state index contributed by atoms with van der Waals surface area (Å²) in [5.74, 6) is -0.281. The van der Waals surface area contributed by atoms with Crippen molar-refractivity contribution in [3.05, 3.63) is 48.3 Å². The topological polar surface area (TPSA) is 47.7 Å². The molecule has 0 unspecified atom stereocenters. The average molecular weight is 318 g/mol. The third-order valence-electron chi connectivity index (χ3n) is 3.72. The molecular weight excluding hydrogens is 295 g/mol. The number of anilines is 2. The van der Waals surface area contributed by atoms with E-state index in [1.165, 1.54) is 6.07 Å². The second-order valence-corrected chi connectivity index (χ2v) is 5.19. The minimum absolute atomic E-state index is 0.281. The molecule has 2 N–H and O–H groups in total. The summed E-state index contributed by atoms with van der Waals surface area (Å²) in [6, 6.07) is 12.3. The quantitative estimate of drug-likeness (QED) is 0.760. The number of benzene rings is 2. The van der Waals surface area contributed by atoms with Crippen LogP contribution in [0.2, 0.25) is 0 Å². The van der Waals surface area contributed by atoms with E-state index in [1.807, 2.05) is 18.2 Å². The lowest BCUT2D eigenvalue weighted by Crippen LogP contribution is -2.31. The van der Waals surface area contributed by atoms with E-state index in [0.29, 0.717) is 43.1 Å². The highest BCUT2D eigenvalue weighted by Gasteiger charge is 2.15. The van der Waals surface area contributed by atoms with Gasteiger partial charge in [-0.3, -0.25) is 0 Å². The molecule has 2 aromatic carbocycles. The van der Waals surface area contributed by atoms with Crippen LogP contribution in [0.1, 0.15) is 0 Å². The van der Waals surface area contributed by atoms with E-state index in [0.717, 1.165) is 5.69 Å². The fourth-order valence-corrected chi connectivity index (χ4v) is 2.50. The van der Waals surface area contributed by atoms with Gasteiger partial charge in [-0.25, -0.2) is 4.39 Å². The number of para-hydroxylation sites is 1. The van der Waals surface area contributed by atoms with Crippen molar-refractivity contribution in [1.29, 1.82) is 0 Å². The van der Waals surface area contributed by atoms with Crippen molar-refractivity contribution in [1.82, 2.24) is 0 Å². The van der Waals surface area contributed by atoms with Crippen LogP contribution in [0.15, 0.2) is 42.5 Å². The Bertz CT molecular complexity index is 626. The van der Waals surface area contributed by atoms with E-state index in [2.05, 4.69) is 4.90 Å². The van der Waals surface area contributed by atoms with Crippen LogP contribution in [0.4, 0.5) is 15.8 Å². The monoisotopic (exact) mass is 318 g/mol. The van der Waals surface area contributed by atoms with Crippen LogP contribution < -0.4 is 10.6 Å². The molecule has 5 heteroatoms. The second-order valence-electron chi connectivity index (χ2n) is 5.19. The number of nitrogens with zero attached hydrogens (tertiary/aromatic N) is 1. The van der Waals surface area contributed by atoms with E-state index in [-0.39, 0.29) is 5.82 Å². The van der Waals surface area contributed by atoms with Gasteiger partial charge in [0.25, 0.3) is 0 Å². The molecule has 0 saturated carbocycles.